The van der Waals surface area contributed by atoms with Crippen molar-refractivity contribution in [2.45, 2.75) is 144 Å². The number of urea groups is 1. The number of hydrogen-bond donors (Lipinski definition) is 5. The number of rotatable bonds is 16. The lowest BCUT2D eigenvalue weighted by Crippen LogP contribution is -2.62. The second-order valence-corrected chi connectivity index (χ2v) is 23.3. The molecule has 3 fully saturated rings. The summed E-state index contributed by atoms with van der Waals surface area (Å²) in [5.41, 5.74) is -1.21. The largest absolute Gasteiger partial charge is 0.497 e. The topological polar surface area (TPSA) is 225 Å². The van der Waals surface area contributed by atoms with Crippen LogP contribution in [0.2, 0.25) is 0 Å². The van der Waals surface area contributed by atoms with Gasteiger partial charge in [-0.1, -0.05) is 54.9 Å². The first-order valence-corrected chi connectivity index (χ1v) is 25.1. The van der Waals surface area contributed by atoms with Crippen LogP contribution in [0.25, 0.3) is 22.3 Å². The van der Waals surface area contributed by atoms with Crippen molar-refractivity contribution in [2.24, 2.45) is 16.7 Å². The number of benzene rings is 1. The number of pyridine rings is 1. The van der Waals surface area contributed by atoms with Crippen LogP contribution < -0.4 is 30.7 Å². The Hall–Kier alpha value is -4.79. The van der Waals surface area contributed by atoms with Gasteiger partial charge in [-0.15, -0.1) is 11.3 Å². The van der Waals surface area contributed by atoms with Crippen molar-refractivity contribution in [3.05, 3.63) is 29.6 Å². The second-order valence-electron chi connectivity index (χ2n) is 20.5. The number of carbonyl (C=O) groups is 4. The molecule has 18 nitrogen and oxygen atoms in total. The molecule has 3 aromatic rings. The van der Waals surface area contributed by atoms with Crippen LogP contribution in [0.5, 0.6) is 11.5 Å². The predicted octanol–water partition coefficient (Wildman–Crippen LogP) is 5.69. The van der Waals surface area contributed by atoms with Crippen LogP contribution in [0.1, 0.15) is 102 Å². The quantitative estimate of drug-likeness (QED) is 0.117. The lowest BCUT2D eigenvalue weighted by atomic mass is 9.85. The van der Waals surface area contributed by atoms with Crippen molar-refractivity contribution < 1.29 is 42.2 Å². The third-order valence-corrected chi connectivity index (χ3v) is 15.7. The second kappa shape index (κ2) is 19.4. The summed E-state index contributed by atoms with van der Waals surface area (Å²) in [6.45, 7) is 21.4. The van der Waals surface area contributed by atoms with Gasteiger partial charge in [0.2, 0.25) is 11.8 Å². The minimum Gasteiger partial charge on any atom is -0.497 e. The van der Waals surface area contributed by atoms with Crippen LogP contribution in [0, 0.1) is 16.7 Å². The maximum atomic E-state index is 15.1. The fraction of sp³-hybridized carbons (Fsp3) is 0.652. The van der Waals surface area contributed by atoms with Gasteiger partial charge in [0.25, 0.3) is 10.2 Å². The molecule has 2 aromatic heterocycles. The first-order chi connectivity index (χ1) is 30.8. The fourth-order valence-electron chi connectivity index (χ4n) is 8.76. The number of aliphatic carboxylic acids is 1. The molecule has 0 radical (unpaired) electrons. The molecule has 2 saturated heterocycles. The van der Waals surface area contributed by atoms with Crippen molar-refractivity contribution in [3.8, 4) is 22.9 Å². The predicted molar refractivity (Wildman–Crippen MR) is 255 cm³/mol. The van der Waals surface area contributed by atoms with E-state index in [0.29, 0.717) is 59.7 Å². The van der Waals surface area contributed by atoms with E-state index in [-0.39, 0.29) is 43.9 Å². The van der Waals surface area contributed by atoms with Gasteiger partial charge in [0.15, 0.2) is 5.13 Å². The summed E-state index contributed by atoms with van der Waals surface area (Å²) in [7, 11) is -2.22. The van der Waals surface area contributed by atoms with Crippen LogP contribution in [0.15, 0.2) is 29.6 Å². The number of likely N-dealkylation sites (tertiary alicyclic amines) is 1. The normalized spacial score (nSPS) is 23.4. The zero-order chi connectivity index (χ0) is 48.7. The van der Waals surface area contributed by atoms with E-state index in [1.54, 1.807) is 46.1 Å². The Morgan fingerprint density at radius 3 is 2.29 bits per heavy atom. The standard InChI is InChI=1S/C46H69N9O9S2/c1-13-28-22-46(28,41(58)59)52-39(56)35-20-30(64-36-21-33(34-25-65-43(49-34)47-26(2)3)48-32-19-29(63-12)15-16-31(32)36)23-54(35)40(57)38(45(9,10)11)51-42(60)50-37(44(6,7)8)24-53-17-14-18-55(27(4)5)66(53,61)62/h15-16,19,21,25-28,30,35,37-38H,13-14,17-18,20,22-24H2,1-12H3,(H,47,49)(H,52,56)(H,58,59)(H2,50,51,60)/t28?,30-,35+,37-,38-,46-/m1/s1. The molecule has 1 saturated carbocycles. The Morgan fingerprint density at radius 2 is 1.70 bits per heavy atom. The number of methoxy groups -OCH3 is 1. The Kier molecular flexibility index (Phi) is 14.9. The van der Waals surface area contributed by atoms with Gasteiger partial charge in [-0.3, -0.25) is 9.59 Å². The molecular weight excluding hydrogens is 887 g/mol. The van der Waals surface area contributed by atoms with Crippen molar-refractivity contribution >= 4 is 61.4 Å². The molecule has 1 unspecified atom stereocenters. The Bertz CT molecular complexity index is 2400. The number of nitrogens with one attached hydrogen (secondary N) is 4. The number of anilines is 1. The highest BCUT2D eigenvalue weighted by molar-refractivity contribution is 7.86. The minimum atomic E-state index is -3.79. The molecule has 5 N–H and O–H groups in total. The van der Waals surface area contributed by atoms with Crippen LogP contribution in [0.4, 0.5) is 9.93 Å². The van der Waals surface area contributed by atoms with Crippen LogP contribution >= 0.6 is 11.3 Å². The van der Waals surface area contributed by atoms with Gasteiger partial charge in [0, 0.05) is 67.1 Å². The number of hydrogen-bond acceptors (Lipinski definition) is 12. The summed E-state index contributed by atoms with van der Waals surface area (Å²) in [6.07, 6.45) is 0.714. The monoisotopic (exact) mass is 955 g/mol. The highest BCUT2D eigenvalue weighted by Crippen LogP contribution is 2.46. The summed E-state index contributed by atoms with van der Waals surface area (Å²) >= 11 is 1.45. The molecule has 364 valence electrons. The van der Waals surface area contributed by atoms with Crippen molar-refractivity contribution in [1.29, 1.82) is 0 Å². The average molecular weight is 956 g/mol. The molecule has 66 heavy (non-hydrogen) atoms. The molecule has 1 aliphatic carbocycles. The molecule has 20 heteroatoms. The molecule has 4 amide bonds. The van der Waals surface area contributed by atoms with Crippen LogP contribution in [-0.2, 0) is 24.6 Å². The highest BCUT2D eigenvalue weighted by atomic mass is 32.2. The summed E-state index contributed by atoms with van der Waals surface area (Å²) in [4.78, 5) is 67.2. The summed E-state index contributed by atoms with van der Waals surface area (Å²) in [6, 6.07) is 3.45. The average Bonchev–Trinajstić information content (AvgIpc) is 3.49. The summed E-state index contributed by atoms with van der Waals surface area (Å²) in [5, 5.41) is 25.6. The number of thiazole rings is 1. The number of nitrogens with zero attached hydrogens (tertiary/aromatic N) is 5. The first kappa shape index (κ1) is 50.6. The third kappa shape index (κ3) is 11.0. The number of aromatic nitrogens is 2. The van der Waals surface area contributed by atoms with Crippen molar-refractivity contribution in [3.63, 3.8) is 0 Å². The number of carbonyl (C=O) groups excluding carboxylic acids is 3. The molecule has 6 rings (SSSR count). The van der Waals surface area contributed by atoms with Gasteiger partial charge in [-0.05, 0) is 69.4 Å². The Balaban J connectivity index is 1.30. The van der Waals surface area contributed by atoms with Crippen LogP contribution in [0.3, 0.4) is 0 Å². The van der Waals surface area contributed by atoms with Crippen molar-refractivity contribution in [2.75, 3.05) is 38.6 Å². The molecule has 4 heterocycles. The minimum absolute atomic E-state index is 0.0186. The Morgan fingerprint density at radius 1 is 0.985 bits per heavy atom. The van der Waals surface area contributed by atoms with E-state index < -0.39 is 74.6 Å². The van der Waals surface area contributed by atoms with Gasteiger partial charge in [0.05, 0.1) is 24.9 Å². The van der Waals surface area contributed by atoms with Gasteiger partial charge < -0.3 is 40.7 Å². The third-order valence-electron chi connectivity index (χ3n) is 12.7. The van der Waals surface area contributed by atoms with E-state index >= 15 is 4.79 Å². The zero-order valence-electron chi connectivity index (χ0n) is 40.4. The van der Waals surface area contributed by atoms with Gasteiger partial charge in [-0.2, -0.15) is 17.0 Å². The van der Waals surface area contributed by atoms with E-state index in [4.69, 9.17) is 19.4 Å². The molecule has 0 bridgehead atoms. The molecule has 0 spiro atoms. The van der Waals surface area contributed by atoms with E-state index in [1.165, 1.54) is 24.8 Å². The number of amides is 4. The SMILES string of the molecule is CCC1C[C@]1(NC(=O)[C@@H]1C[C@@H](Oc2cc(-c3csc(NC(C)C)n3)nc3cc(OC)ccc23)CN1C(=O)[C@@H](NC(=O)N[C@H](CN1CCCN(C(C)C)S1(=O)=O)C(C)(C)C)C(C)(C)C)C(=O)O. The first-order valence-electron chi connectivity index (χ1n) is 22.9. The van der Waals surface area contributed by atoms with E-state index in [2.05, 4.69) is 21.3 Å². The molecule has 1 aromatic carbocycles. The molecule has 2 aliphatic heterocycles. The zero-order valence-corrected chi connectivity index (χ0v) is 42.0. The lowest BCUT2D eigenvalue weighted by Gasteiger charge is -2.41. The smallest absolute Gasteiger partial charge is 0.329 e. The summed E-state index contributed by atoms with van der Waals surface area (Å²) in [5.74, 6) is -1.59. The maximum absolute atomic E-state index is 15.1. The van der Waals surface area contributed by atoms with Gasteiger partial charge in [0.1, 0.15) is 40.9 Å². The maximum Gasteiger partial charge on any atom is 0.329 e. The van der Waals surface area contributed by atoms with E-state index in [9.17, 15) is 27.9 Å². The number of carboxylic acids is 1. The Labute approximate surface area is 393 Å². The number of ether oxygens (including phenoxy) is 2. The van der Waals surface area contributed by atoms with E-state index in [0.717, 1.165) is 5.13 Å². The molecular formula is C46H69N9O9S2. The fourth-order valence-corrected chi connectivity index (χ4v) is 11.5. The number of fused-ring (bicyclic) bond motifs is 1. The van der Waals surface area contributed by atoms with Gasteiger partial charge >= 0.3 is 12.0 Å². The summed E-state index contributed by atoms with van der Waals surface area (Å²) < 4.78 is 42.4. The van der Waals surface area contributed by atoms with E-state index in [1.807, 2.05) is 66.8 Å². The van der Waals surface area contributed by atoms with Crippen LogP contribution in [-0.4, -0.2) is 136 Å². The lowest BCUT2D eigenvalue weighted by molar-refractivity contribution is -0.146. The van der Waals surface area contributed by atoms with Crippen molar-refractivity contribution in [1.82, 2.24) is 39.4 Å². The van der Waals surface area contributed by atoms with Gasteiger partial charge in [-0.25, -0.2) is 19.6 Å². The highest BCUT2D eigenvalue weighted by Gasteiger charge is 2.61. The molecule has 6 atom stereocenters. The number of carboxylic acid groups (broad SMARTS) is 1. The molecule has 3 aliphatic rings.